The van der Waals surface area contributed by atoms with E-state index in [0.29, 0.717) is 6.42 Å². The highest BCUT2D eigenvalue weighted by Gasteiger charge is 2.46. The topological polar surface area (TPSA) is 70.0 Å². The highest BCUT2D eigenvalue weighted by atomic mass is 19.4. The second-order valence-electron chi connectivity index (χ2n) is 7.01. The zero-order chi connectivity index (χ0) is 20.5. The number of nitriles is 1. The summed E-state index contributed by atoms with van der Waals surface area (Å²) < 4.78 is 41.6. The van der Waals surface area contributed by atoms with Gasteiger partial charge in [-0.15, -0.1) is 0 Å². The molecule has 0 aromatic heterocycles. The molecule has 1 saturated carbocycles. The molecule has 0 bridgehead atoms. The van der Waals surface area contributed by atoms with Crippen LogP contribution in [0.5, 0.6) is 0 Å². The lowest BCUT2D eigenvalue weighted by molar-refractivity contribution is -0.130. The third-order valence-corrected chi connectivity index (χ3v) is 4.81. The molecule has 1 aromatic carbocycles. The molecule has 0 saturated heterocycles. The Morgan fingerprint density at radius 1 is 1.25 bits per heavy atom. The van der Waals surface area contributed by atoms with E-state index in [1.165, 1.54) is 24.3 Å². The van der Waals surface area contributed by atoms with Crippen LogP contribution < -0.4 is 5.32 Å². The smallest absolute Gasteiger partial charge is 0.352 e. The van der Waals surface area contributed by atoms with Crippen LogP contribution in [0.1, 0.15) is 43.7 Å². The number of rotatable bonds is 5. The summed E-state index contributed by atoms with van der Waals surface area (Å²) in [5.74, 6) is -2.83. The number of allylic oxidation sites excluding steroid dienone is 3. The van der Waals surface area contributed by atoms with Gasteiger partial charge in [-0.1, -0.05) is 25.5 Å². The Kier molecular flexibility index (Phi) is 5.41. The molecule has 146 valence electrons. The van der Waals surface area contributed by atoms with Crippen molar-refractivity contribution in [2.75, 3.05) is 0 Å². The Morgan fingerprint density at radius 2 is 1.89 bits per heavy atom. The van der Waals surface area contributed by atoms with Crippen LogP contribution in [0, 0.1) is 17.2 Å². The maximum absolute atomic E-state index is 13.9. The van der Waals surface area contributed by atoms with Crippen LogP contribution in [0.25, 0.3) is 5.57 Å². The van der Waals surface area contributed by atoms with Gasteiger partial charge in [-0.05, 0) is 54.2 Å². The fourth-order valence-electron chi connectivity index (χ4n) is 3.30. The molecule has 2 aliphatic carbocycles. The molecule has 7 heteroatoms. The maximum atomic E-state index is 13.9. The molecule has 0 spiro atoms. The van der Waals surface area contributed by atoms with E-state index in [9.17, 15) is 22.8 Å². The highest BCUT2D eigenvalue weighted by Crippen LogP contribution is 2.43. The lowest BCUT2D eigenvalue weighted by Gasteiger charge is -2.28. The van der Waals surface area contributed by atoms with Gasteiger partial charge in [0.2, 0.25) is 5.91 Å². The summed E-state index contributed by atoms with van der Waals surface area (Å²) in [4.78, 5) is 25.7. The van der Waals surface area contributed by atoms with E-state index in [1.54, 1.807) is 6.92 Å². The molecule has 1 atom stereocenters. The number of benzene rings is 1. The first kappa shape index (κ1) is 19.9. The van der Waals surface area contributed by atoms with Gasteiger partial charge in [-0.25, -0.2) is 0 Å². The first-order chi connectivity index (χ1) is 13.3. The van der Waals surface area contributed by atoms with Gasteiger partial charge in [-0.3, -0.25) is 9.59 Å². The fraction of sp³-hybridized carbons (Fsp3) is 0.381. The molecule has 4 nitrogen and oxygen atoms in total. The maximum Gasteiger partial charge on any atom is 0.416 e. The Bertz CT molecular complexity index is 901. The summed E-state index contributed by atoms with van der Waals surface area (Å²) in [5, 5.41) is 11.6. The van der Waals surface area contributed by atoms with E-state index >= 15 is 0 Å². The predicted octanol–water partition coefficient (Wildman–Crippen LogP) is 4.08. The van der Waals surface area contributed by atoms with Gasteiger partial charge in [0.05, 0.1) is 17.2 Å². The van der Waals surface area contributed by atoms with Crippen LogP contribution in [0.2, 0.25) is 0 Å². The summed E-state index contributed by atoms with van der Waals surface area (Å²) in [5.41, 5.74) is -0.914. The fourth-order valence-corrected chi connectivity index (χ4v) is 3.30. The van der Waals surface area contributed by atoms with Gasteiger partial charge >= 0.3 is 6.18 Å². The average Bonchev–Trinajstić information content (AvgIpc) is 3.46. The molecule has 3 rings (SSSR count). The minimum Gasteiger partial charge on any atom is -0.352 e. The van der Waals surface area contributed by atoms with Crippen molar-refractivity contribution in [3.63, 3.8) is 0 Å². The number of nitrogens with zero attached hydrogens (tertiary/aromatic N) is 1. The number of alkyl halides is 3. The van der Waals surface area contributed by atoms with Crippen LogP contribution in [0.4, 0.5) is 13.2 Å². The SMILES string of the molecule is CCCC1=CC(C(F)(F)F)=C(c2ccc(C#N)cc2)C(C(=O)NC2CC2)C1=O. The summed E-state index contributed by atoms with van der Waals surface area (Å²) >= 11 is 0. The number of nitrogens with one attached hydrogen (secondary N) is 1. The van der Waals surface area contributed by atoms with Gasteiger partial charge in [0.15, 0.2) is 5.78 Å². The number of ketones is 1. The summed E-state index contributed by atoms with van der Waals surface area (Å²) in [7, 11) is 0. The third kappa shape index (κ3) is 4.01. The number of carbonyl (C=O) groups excluding carboxylic acids is 2. The third-order valence-electron chi connectivity index (χ3n) is 4.81. The van der Waals surface area contributed by atoms with E-state index in [1.807, 2.05) is 6.07 Å². The monoisotopic (exact) mass is 388 g/mol. The normalized spacial score (nSPS) is 19.9. The van der Waals surface area contributed by atoms with Crippen LogP contribution in [-0.4, -0.2) is 23.9 Å². The predicted molar refractivity (Wildman–Crippen MR) is 96.8 cm³/mol. The molecule has 1 unspecified atom stereocenters. The molecule has 0 radical (unpaired) electrons. The molecule has 1 amide bonds. The summed E-state index contributed by atoms with van der Waals surface area (Å²) in [6.45, 7) is 1.76. The molecule has 28 heavy (non-hydrogen) atoms. The van der Waals surface area contributed by atoms with Crippen molar-refractivity contribution in [1.29, 1.82) is 5.26 Å². The van der Waals surface area contributed by atoms with E-state index in [0.717, 1.165) is 18.9 Å². The second-order valence-corrected chi connectivity index (χ2v) is 7.01. The Balaban J connectivity index is 2.19. The number of carbonyl (C=O) groups is 2. The minimum absolute atomic E-state index is 0.0168. The molecule has 1 fully saturated rings. The molecule has 1 aromatic rings. The number of hydrogen-bond acceptors (Lipinski definition) is 3. The van der Waals surface area contributed by atoms with E-state index in [2.05, 4.69) is 5.32 Å². The molecular weight excluding hydrogens is 369 g/mol. The highest BCUT2D eigenvalue weighted by molar-refractivity contribution is 6.20. The van der Waals surface area contributed by atoms with E-state index < -0.39 is 29.4 Å². The second kappa shape index (κ2) is 7.63. The largest absolute Gasteiger partial charge is 0.416 e. The van der Waals surface area contributed by atoms with Gasteiger partial charge < -0.3 is 5.32 Å². The molecule has 0 heterocycles. The number of Topliss-reactive ketones (excluding diaryl/α,β-unsaturated/α-hetero) is 1. The van der Waals surface area contributed by atoms with Crippen molar-refractivity contribution in [2.24, 2.45) is 5.92 Å². The molecular formula is C21H19F3N2O2. The quantitative estimate of drug-likeness (QED) is 0.773. The number of hydrogen-bond donors (Lipinski definition) is 1. The molecule has 0 aliphatic heterocycles. The van der Waals surface area contributed by atoms with Crippen molar-refractivity contribution >= 4 is 17.3 Å². The average molecular weight is 388 g/mol. The van der Waals surface area contributed by atoms with E-state index in [-0.39, 0.29) is 34.7 Å². The Labute approximate surface area is 160 Å². The van der Waals surface area contributed by atoms with Gasteiger partial charge in [0.1, 0.15) is 5.92 Å². The van der Waals surface area contributed by atoms with Gasteiger partial charge in [0.25, 0.3) is 0 Å². The number of halogens is 3. The zero-order valence-electron chi connectivity index (χ0n) is 15.3. The van der Waals surface area contributed by atoms with Gasteiger partial charge in [0, 0.05) is 6.04 Å². The first-order valence-electron chi connectivity index (χ1n) is 9.13. The van der Waals surface area contributed by atoms with Crippen LogP contribution in [-0.2, 0) is 9.59 Å². The zero-order valence-corrected chi connectivity index (χ0v) is 15.3. The van der Waals surface area contributed by atoms with Crippen LogP contribution in [0.15, 0.2) is 41.5 Å². The standard InChI is InChI=1S/C21H19F3N2O2/c1-2-3-14-10-16(21(22,23)24)17(13-6-4-12(11-25)5-7-13)18(19(14)27)20(28)26-15-8-9-15/h4-7,10,15,18H,2-3,8-9H2,1H3,(H,26,28). The lowest BCUT2D eigenvalue weighted by atomic mass is 9.76. The minimum atomic E-state index is -4.72. The lowest BCUT2D eigenvalue weighted by Crippen LogP contribution is -2.40. The Morgan fingerprint density at radius 3 is 2.39 bits per heavy atom. The number of amides is 1. The first-order valence-corrected chi connectivity index (χ1v) is 9.13. The molecule has 2 aliphatic rings. The van der Waals surface area contributed by atoms with Crippen molar-refractivity contribution in [2.45, 2.75) is 44.8 Å². The van der Waals surface area contributed by atoms with E-state index in [4.69, 9.17) is 5.26 Å². The molecule has 1 N–H and O–H groups in total. The van der Waals surface area contributed by atoms with Crippen molar-refractivity contribution in [1.82, 2.24) is 5.32 Å². The summed E-state index contributed by atoms with van der Waals surface area (Å²) in [6, 6.07) is 7.27. The Hall–Kier alpha value is -2.88. The van der Waals surface area contributed by atoms with Crippen LogP contribution in [0.3, 0.4) is 0 Å². The van der Waals surface area contributed by atoms with Crippen molar-refractivity contribution in [3.8, 4) is 6.07 Å². The summed E-state index contributed by atoms with van der Waals surface area (Å²) in [6.07, 6.45) is -1.67. The van der Waals surface area contributed by atoms with Crippen molar-refractivity contribution in [3.05, 3.63) is 52.6 Å². The van der Waals surface area contributed by atoms with Crippen molar-refractivity contribution < 1.29 is 22.8 Å². The van der Waals surface area contributed by atoms with Crippen LogP contribution >= 0.6 is 0 Å². The van der Waals surface area contributed by atoms with Gasteiger partial charge in [-0.2, -0.15) is 18.4 Å².